The van der Waals surface area contributed by atoms with Gasteiger partial charge in [0.25, 0.3) is 0 Å². The minimum atomic E-state index is 0.335. The van der Waals surface area contributed by atoms with Gasteiger partial charge in [0.2, 0.25) is 0 Å². The number of nitrogens with one attached hydrogen (secondary N) is 1. The molecule has 122 valence electrons. The summed E-state index contributed by atoms with van der Waals surface area (Å²) in [6.45, 7) is 3.24. The van der Waals surface area contributed by atoms with Crippen molar-refractivity contribution < 1.29 is 0 Å². The predicted molar refractivity (Wildman–Crippen MR) is 94.8 cm³/mol. The van der Waals surface area contributed by atoms with E-state index in [0.717, 1.165) is 48.0 Å². The van der Waals surface area contributed by atoms with Gasteiger partial charge < -0.3 is 4.98 Å². The highest BCUT2D eigenvalue weighted by atomic mass is 15.3. The fraction of sp³-hybridized carbons (Fsp3) is 0.400. The zero-order valence-electron chi connectivity index (χ0n) is 14.0. The lowest BCUT2D eigenvalue weighted by atomic mass is 9.96. The summed E-state index contributed by atoms with van der Waals surface area (Å²) in [5.41, 5.74) is 4.70. The van der Waals surface area contributed by atoms with Gasteiger partial charge in [0.05, 0.1) is 5.56 Å². The van der Waals surface area contributed by atoms with Crippen molar-refractivity contribution in [3.8, 4) is 6.07 Å². The maximum Gasteiger partial charge on any atom is 0.102 e. The number of hydrogen-bond acceptors (Lipinski definition) is 2. The zero-order valence-corrected chi connectivity index (χ0v) is 14.0. The predicted octanol–water partition coefficient (Wildman–Crippen LogP) is 4.31. The van der Waals surface area contributed by atoms with E-state index >= 15 is 0 Å². The largest absolute Gasteiger partial charge is 0.357 e. The van der Waals surface area contributed by atoms with Gasteiger partial charge in [0, 0.05) is 35.5 Å². The van der Waals surface area contributed by atoms with Crippen molar-refractivity contribution in [2.45, 2.75) is 51.0 Å². The van der Waals surface area contributed by atoms with E-state index in [9.17, 15) is 5.26 Å². The van der Waals surface area contributed by atoms with Gasteiger partial charge in [-0.1, -0.05) is 13.0 Å². The maximum absolute atomic E-state index is 9.64. The number of aryl methyl sites for hydroxylation is 2. The summed E-state index contributed by atoms with van der Waals surface area (Å²) in [4.78, 5) is 3.46. The highest BCUT2D eigenvalue weighted by Crippen LogP contribution is 2.48. The molecule has 0 bridgehead atoms. The molecule has 2 aromatic heterocycles. The Kier molecular flexibility index (Phi) is 3.65. The van der Waals surface area contributed by atoms with Crippen molar-refractivity contribution in [2.75, 3.05) is 0 Å². The fourth-order valence-corrected chi connectivity index (χ4v) is 3.42. The molecule has 24 heavy (non-hydrogen) atoms. The Balaban J connectivity index is 1.51. The number of unbranched alkanes of at least 4 members (excludes halogenated alkanes) is 1. The molecular weight excluding hydrogens is 296 g/mol. The average molecular weight is 318 g/mol. The Hall–Kier alpha value is -2.54. The minimum Gasteiger partial charge on any atom is -0.357 e. The number of nitrogens with zero attached hydrogens (tertiary/aromatic N) is 3. The molecule has 1 saturated carbocycles. The molecule has 4 nitrogen and oxygen atoms in total. The van der Waals surface area contributed by atoms with Crippen LogP contribution in [0.25, 0.3) is 10.9 Å². The van der Waals surface area contributed by atoms with Crippen molar-refractivity contribution in [1.82, 2.24) is 14.8 Å². The van der Waals surface area contributed by atoms with E-state index in [1.807, 2.05) is 23.1 Å². The van der Waals surface area contributed by atoms with Crippen LogP contribution in [0, 0.1) is 11.3 Å². The van der Waals surface area contributed by atoms with E-state index in [1.165, 1.54) is 18.4 Å². The summed E-state index contributed by atoms with van der Waals surface area (Å²) < 4.78 is 1.96. The lowest BCUT2D eigenvalue weighted by molar-refractivity contribution is 0.556. The lowest BCUT2D eigenvalue weighted by Crippen LogP contribution is -1.99. The number of rotatable bonds is 6. The molecule has 1 aromatic carbocycles. The average Bonchev–Trinajstić information content (AvgIpc) is 3.02. The Morgan fingerprint density at radius 2 is 2.21 bits per heavy atom. The number of aromatic nitrogens is 3. The van der Waals surface area contributed by atoms with Crippen LogP contribution in [0.3, 0.4) is 0 Å². The number of fused-ring (bicyclic) bond motifs is 1. The van der Waals surface area contributed by atoms with Crippen LogP contribution < -0.4 is 0 Å². The maximum atomic E-state index is 9.64. The molecule has 0 spiro atoms. The Labute approximate surface area is 142 Å². The molecule has 0 saturated heterocycles. The monoisotopic (exact) mass is 318 g/mol. The summed E-state index contributed by atoms with van der Waals surface area (Å²) in [6.07, 6.45) is 9.33. The molecule has 1 aliphatic rings. The zero-order chi connectivity index (χ0) is 16.6. The number of aromatic amines is 1. The van der Waals surface area contributed by atoms with Crippen LogP contribution in [0.5, 0.6) is 0 Å². The molecule has 1 fully saturated rings. The van der Waals surface area contributed by atoms with Gasteiger partial charge in [-0.15, -0.1) is 0 Å². The SMILES string of the molecule is CC1(c2ccc3[nH]c(CCCCn4cccn4)c(C#N)c3c2)CC1. The van der Waals surface area contributed by atoms with Crippen LogP contribution in [0.4, 0.5) is 0 Å². The first kappa shape index (κ1) is 15.0. The Bertz CT molecular complexity index is 892. The van der Waals surface area contributed by atoms with E-state index in [2.05, 4.69) is 41.3 Å². The molecule has 0 unspecified atom stereocenters. The van der Waals surface area contributed by atoms with Crippen molar-refractivity contribution in [3.05, 3.63) is 53.5 Å². The third kappa shape index (κ3) is 2.71. The van der Waals surface area contributed by atoms with Crippen LogP contribution in [-0.4, -0.2) is 14.8 Å². The summed E-state index contributed by atoms with van der Waals surface area (Å²) in [5.74, 6) is 0. The molecule has 1 N–H and O–H groups in total. The number of nitriles is 1. The molecule has 0 atom stereocenters. The first-order valence-corrected chi connectivity index (χ1v) is 8.72. The second kappa shape index (κ2) is 5.83. The fourth-order valence-electron chi connectivity index (χ4n) is 3.42. The first-order chi connectivity index (χ1) is 11.7. The summed E-state index contributed by atoms with van der Waals surface area (Å²) in [7, 11) is 0. The summed E-state index contributed by atoms with van der Waals surface area (Å²) in [6, 6.07) is 11.0. The molecular formula is C20H22N4. The first-order valence-electron chi connectivity index (χ1n) is 8.72. The second-order valence-electron chi connectivity index (χ2n) is 7.14. The van der Waals surface area contributed by atoms with E-state index in [1.54, 1.807) is 0 Å². The number of hydrogen-bond donors (Lipinski definition) is 1. The van der Waals surface area contributed by atoms with Crippen LogP contribution >= 0.6 is 0 Å². The van der Waals surface area contributed by atoms with Gasteiger partial charge in [-0.3, -0.25) is 4.68 Å². The van der Waals surface area contributed by atoms with E-state index in [4.69, 9.17) is 0 Å². The van der Waals surface area contributed by atoms with Crippen LogP contribution in [0.2, 0.25) is 0 Å². The second-order valence-corrected chi connectivity index (χ2v) is 7.14. The molecule has 0 aliphatic heterocycles. The van der Waals surface area contributed by atoms with Crippen LogP contribution in [0.15, 0.2) is 36.7 Å². The van der Waals surface area contributed by atoms with Crippen molar-refractivity contribution >= 4 is 10.9 Å². The summed E-state index contributed by atoms with van der Waals surface area (Å²) in [5, 5.41) is 14.9. The van der Waals surface area contributed by atoms with Gasteiger partial charge in [0.15, 0.2) is 0 Å². The van der Waals surface area contributed by atoms with Crippen molar-refractivity contribution in [3.63, 3.8) is 0 Å². The summed E-state index contributed by atoms with van der Waals surface area (Å²) >= 11 is 0. The van der Waals surface area contributed by atoms with E-state index in [-0.39, 0.29) is 0 Å². The van der Waals surface area contributed by atoms with Crippen LogP contribution in [-0.2, 0) is 18.4 Å². The number of H-pyrrole nitrogens is 1. The third-order valence-electron chi connectivity index (χ3n) is 5.31. The molecule has 3 aromatic rings. The smallest absolute Gasteiger partial charge is 0.102 e. The normalized spacial score (nSPS) is 15.5. The van der Waals surface area contributed by atoms with Crippen LogP contribution in [0.1, 0.15) is 49.4 Å². The molecule has 4 heteroatoms. The highest BCUT2D eigenvalue weighted by Gasteiger charge is 2.39. The molecule has 0 radical (unpaired) electrons. The van der Waals surface area contributed by atoms with Gasteiger partial charge in [-0.25, -0.2) is 0 Å². The highest BCUT2D eigenvalue weighted by molar-refractivity contribution is 5.88. The molecule has 2 heterocycles. The minimum absolute atomic E-state index is 0.335. The van der Waals surface area contributed by atoms with Gasteiger partial charge in [-0.2, -0.15) is 10.4 Å². The van der Waals surface area contributed by atoms with E-state index < -0.39 is 0 Å². The van der Waals surface area contributed by atoms with Gasteiger partial charge in [0.1, 0.15) is 6.07 Å². The Morgan fingerprint density at radius 1 is 1.33 bits per heavy atom. The topological polar surface area (TPSA) is 57.4 Å². The standard InChI is InChI=1S/C20H22N4/c1-20(8-9-20)15-6-7-19-16(13-15)17(14-21)18(23-19)5-2-3-11-24-12-4-10-22-24/h4,6-7,10,12-13,23H,2-3,5,8-9,11H2,1H3. The third-order valence-corrected chi connectivity index (χ3v) is 5.31. The van der Waals surface area contributed by atoms with E-state index in [0.29, 0.717) is 5.41 Å². The molecule has 0 amide bonds. The molecule has 1 aliphatic carbocycles. The number of benzene rings is 1. The van der Waals surface area contributed by atoms with Gasteiger partial charge >= 0.3 is 0 Å². The van der Waals surface area contributed by atoms with Crippen molar-refractivity contribution in [1.29, 1.82) is 5.26 Å². The Morgan fingerprint density at radius 3 is 2.92 bits per heavy atom. The van der Waals surface area contributed by atoms with Crippen molar-refractivity contribution in [2.24, 2.45) is 0 Å². The van der Waals surface area contributed by atoms with Gasteiger partial charge in [-0.05, 0) is 61.3 Å². The quantitative estimate of drug-likeness (QED) is 0.688. The molecule has 4 rings (SSSR count). The lowest BCUT2D eigenvalue weighted by Gasteiger charge is -2.08.